The van der Waals surface area contributed by atoms with Crippen LogP contribution in [0.1, 0.15) is 27.2 Å². The van der Waals surface area contributed by atoms with E-state index in [9.17, 15) is 0 Å². The van der Waals surface area contributed by atoms with Gasteiger partial charge in [0, 0.05) is 30.2 Å². The van der Waals surface area contributed by atoms with Crippen molar-refractivity contribution in [1.82, 2.24) is 9.55 Å². The number of thioether (sulfide) groups is 1. The van der Waals surface area contributed by atoms with Crippen molar-refractivity contribution in [2.45, 2.75) is 45.0 Å². The summed E-state index contributed by atoms with van der Waals surface area (Å²) in [5, 5.41) is 4.05. The van der Waals surface area contributed by atoms with E-state index in [0.717, 1.165) is 12.5 Å². The van der Waals surface area contributed by atoms with Gasteiger partial charge in [-0.3, -0.25) is 0 Å². The number of nitrogens with one attached hydrogen (secondary N) is 1. The molecule has 0 aliphatic heterocycles. The van der Waals surface area contributed by atoms with Gasteiger partial charge in [-0.1, -0.05) is 6.92 Å². The summed E-state index contributed by atoms with van der Waals surface area (Å²) in [6.07, 6.45) is 7.24. The first-order chi connectivity index (χ1) is 7.13. The van der Waals surface area contributed by atoms with E-state index in [1.807, 2.05) is 24.2 Å². The fourth-order valence-corrected chi connectivity index (χ4v) is 1.67. The smallest absolute Gasteiger partial charge is 0.202 e. The summed E-state index contributed by atoms with van der Waals surface area (Å²) >= 11 is 1.91. The number of rotatable bonds is 6. The number of anilines is 1. The van der Waals surface area contributed by atoms with Crippen molar-refractivity contribution in [1.29, 1.82) is 0 Å². The van der Waals surface area contributed by atoms with E-state index in [0.29, 0.717) is 11.3 Å². The lowest BCUT2D eigenvalue weighted by atomic mass is 10.3. The third-order valence-corrected chi connectivity index (χ3v) is 3.35. The molecule has 3 nitrogen and oxygen atoms in total. The van der Waals surface area contributed by atoms with E-state index >= 15 is 0 Å². The molecule has 0 spiro atoms. The van der Waals surface area contributed by atoms with Gasteiger partial charge in [-0.15, -0.1) is 0 Å². The summed E-state index contributed by atoms with van der Waals surface area (Å²) in [7, 11) is 0. The van der Waals surface area contributed by atoms with Crippen LogP contribution in [0.25, 0.3) is 0 Å². The van der Waals surface area contributed by atoms with Crippen LogP contribution in [0.5, 0.6) is 0 Å². The van der Waals surface area contributed by atoms with E-state index in [1.165, 1.54) is 6.42 Å². The Morgan fingerprint density at radius 1 is 1.47 bits per heavy atom. The molecule has 1 atom stereocenters. The molecule has 15 heavy (non-hydrogen) atoms. The second-order valence-corrected chi connectivity index (χ2v) is 5.35. The van der Waals surface area contributed by atoms with Crippen molar-refractivity contribution in [3.05, 3.63) is 12.4 Å². The lowest BCUT2D eigenvalue weighted by molar-refractivity contribution is 0.640. The average Bonchev–Trinajstić information content (AvgIpc) is 2.61. The Hall–Kier alpha value is -0.640. The molecule has 1 aromatic rings. The standard InChI is InChI=1S/C11H21N3S/c1-9(2)13-11-12-6-8-14(11)7-5-10(3)15-4/h6,8-10H,5,7H2,1-4H3,(H,12,13). The van der Waals surface area contributed by atoms with E-state index in [2.05, 4.69) is 41.9 Å². The molecular weight excluding hydrogens is 206 g/mol. The van der Waals surface area contributed by atoms with Crippen LogP contribution in [0.15, 0.2) is 12.4 Å². The zero-order valence-corrected chi connectivity index (χ0v) is 10.8. The predicted molar refractivity (Wildman–Crippen MR) is 68.6 cm³/mol. The molecule has 1 unspecified atom stereocenters. The zero-order chi connectivity index (χ0) is 11.3. The largest absolute Gasteiger partial charge is 0.353 e. The molecule has 1 aromatic heterocycles. The molecule has 0 radical (unpaired) electrons. The fourth-order valence-electron chi connectivity index (χ4n) is 1.33. The third kappa shape index (κ3) is 4.16. The Morgan fingerprint density at radius 3 is 2.80 bits per heavy atom. The maximum atomic E-state index is 4.31. The highest BCUT2D eigenvalue weighted by Crippen LogP contribution is 2.13. The highest BCUT2D eigenvalue weighted by Gasteiger charge is 2.05. The van der Waals surface area contributed by atoms with Crippen LogP contribution >= 0.6 is 11.8 Å². The minimum absolute atomic E-state index is 0.434. The highest BCUT2D eigenvalue weighted by atomic mass is 32.2. The van der Waals surface area contributed by atoms with Crippen LogP contribution in [0.4, 0.5) is 5.95 Å². The van der Waals surface area contributed by atoms with Gasteiger partial charge < -0.3 is 9.88 Å². The maximum Gasteiger partial charge on any atom is 0.202 e. The molecule has 86 valence electrons. The van der Waals surface area contributed by atoms with Crippen LogP contribution in [0.3, 0.4) is 0 Å². The van der Waals surface area contributed by atoms with Crippen LogP contribution in [-0.4, -0.2) is 27.1 Å². The Kier molecular flexibility index (Phi) is 5.02. The van der Waals surface area contributed by atoms with Crippen LogP contribution < -0.4 is 5.32 Å². The van der Waals surface area contributed by atoms with Gasteiger partial charge in [0.25, 0.3) is 0 Å². The molecule has 4 heteroatoms. The monoisotopic (exact) mass is 227 g/mol. The Labute approximate surface area is 96.7 Å². The lowest BCUT2D eigenvalue weighted by Crippen LogP contribution is -2.15. The van der Waals surface area contributed by atoms with E-state index in [4.69, 9.17) is 0 Å². The minimum Gasteiger partial charge on any atom is -0.353 e. The molecule has 1 heterocycles. The number of imidazole rings is 1. The Bertz CT molecular complexity index is 283. The van der Waals surface area contributed by atoms with Crippen LogP contribution in [0.2, 0.25) is 0 Å². The molecule has 0 saturated heterocycles. The van der Waals surface area contributed by atoms with Crippen molar-refractivity contribution < 1.29 is 0 Å². The molecule has 0 fully saturated rings. The molecular formula is C11H21N3S. The molecule has 0 aliphatic rings. The van der Waals surface area contributed by atoms with Crippen molar-refractivity contribution in [2.24, 2.45) is 0 Å². The van der Waals surface area contributed by atoms with E-state index < -0.39 is 0 Å². The lowest BCUT2D eigenvalue weighted by Gasteiger charge is -2.13. The molecule has 1 rings (SSSR count). The zero-order valence-electron chi connectivity index (χ0n) is 10.0. The quantitative estimate of drug-likeness (QED) is 0.810. The summed E-state index contributed by atoms with van der Waals surface area (Å²) in [4.78, 5) is 4.31. The normalized spacial score (nSPS) is 13.1. The van der Waals surface area contributed by atoms with Gasteiger partial charge >= 0.3 is 0 Å². The topological polar surface area (TPSA) is 29.9 Å². The van der Waals surface area contributed by atoms with Gasteiger partial charge in [0.2, 0.25) is 5.95 Å². The van der Waals surface area contributed by atoms with E-state index in [1.54, 1.807) is 0 Å². The summed E-state index contributed by atoms with van der Waals surface area (Å²) < 4.78 is 2.19. The predicted octanol–water partition coefficient (Wildman–Crippen LogP) is 2.85. The second kappa shape index (κ2) is 6.05. The number of aromatic nitrogens is 2. The van der Waals surface area contributed by atoms with Gasteiger partial charge in [0.15, 0.2) is 0 Å². The summed E-state index contributed by atoms with van der Waals surface area (Å²) in [5.41, 5.74) is 0. The van der Waals surface area contributed by atoms with Crippen LogP contribution in [0, 0.1) is 0 Å². The summed E-state index contributed by atoms with van der Waals surface area (Å²) in [5.74, 6) is 0.985. The fraction of sp³-hybridized carbons (Fsp3) is 0.727. The van der Waals surface area contributed by atoms with Gasteiger partial charge in [0.05, 0.1) is 0 Å². The van der Waals surface area contributed by atoms with Gasteiger partial charge in [-0.2, -0.15) is 11.8 Å². The van der Waals surface area contributed by atoms with Crippen molar-refractivity contribution in [3.63, 3.8) is 0 Å². The third-order valence-electron chi connectivity index (χ3n) is 2.31. The molecule has 0 aromatic carbocycles. The molecule has 0 amide bonds. The highest BCUT2D eigenvalue weighted by molar-refractivity contribution is 7.99. The average molecular weight is 227 g/mol. The number of hydrogen-bond acceptors (Lipinski definition) is 3. The molecule has 0 aliphatic carbocycles. The number of nitrogens with zero attached hydrogens (tertiary/aromatic N) is 2. The Balaban J connectivity index is 2.49. The van der Waals surface area contributed by atoms with Crippen molar-refractivity contribution in [2.75, 3.05) is 11.6 Å². The maximum absolute atomic E-state index is 4.31. The molecule has 1 N–H and O–H groups in total. The van der Waals surface area contributed by atoms with Crippen molar-refractivity contribution in [3.8, 4) is 0 Å². The van der Waals surface area contributed by atoms with Gasteiger partial charge in [0.1, 0.15) is 0 Å². The minimum atomic E-state index is 0.434. The Morgan fingerprint density at radius 2 is 2.20 bits per heavy atom. The van der Waals surface area contributed by atoms with Gasteiger partial charge in [-0.25, -0.2) is 4.98 Å². The SMILES string of the molecule is CSC(C)CCn1ccnc1NC(C)C. The molecule has 0 saturated carbocycles. The summed E-state index contributed by atoms with van der Waals surface area (Å²) in [6, 6.07) is 0.434. The molecule has 0 bridgehead atoms. The van der Waals surface area contributed by atoms with Crippen LogP contribution in [-0.2, 0) is 6.54 Å². The second-order valence-electron chi connectivity index (χ2n) is 4.08. The van der Waals surface area contributed by atoms with Crippen molar-refractivity contribution >= 4 is 17.7 Å². The first kappa shape index (κ1) is 12.4. The first-order valence-electron chi connectivity index (χ1n) is 5.44. The summed E-state index contributed by atoms with van der Waals surface area (Å²) in [6.45, 7) is 7.56. The number of hydrogen-bond donors (Lipinski definition) is 1. The number of aryl methyl sites for hydroxylation is 1. The first-order valence-corrected chi connectivity index (χ1v) is 6.72. The van der Waals surface area contributed by atoms with Gasteiger partial charge in [-0.05, 0) is 26.5 Å². The van der Waals surface area contributed by atoms with E-state index in [-0.39, 0.29) is 0 Å².